The minimum Gasteiger partial charge on any atom is -0.325 e. The molecule has 0 heterocycles. The Hall–Kier alpha value is -0.600. The molecule has 0 aromatic heterocycles. The summed E-state index contributed by atoms with van der Waals surface area (Å²) < 4.78 is 13.5. The van der Waals surface area contributed by atoms with Crippen LogP contribution < -0.4 is 5.73 Å². The molecule has 0 saturated heterocycles. The first-order valence-electron chi connectivity index (χ1n) is 7.29. The lowest BCUT2D eigenvalue weighted by atomic mass is 9.72. The quantitative estimate of drug-likeness (QED) is 0.877. The summed E-state index contributed by atoms with van der Waals surface area (Å²) in [4.78, 5) is 0. The number of rotatable bonds is 3. The summed E-state index contributed by atoms with van der Waals surface area (Å²) in [5, 5.41) is 0.251. The van der Waals surface area contributed by atoms with Gasteiger partial charge in [0.25, 0.3) is 0 Å². The third kappa shape index (κ3) is 2.95. The molecule has 2 unspecified atom stereocenters. The maximum atomic E-state index is 13.5. The molecule has 1 nitrogen and oxygen atoms in total. The molecule has 19 heavy (non-hydrogen) atoms. The van der Waals surface area contributed by atoms with E-state index in [1.54, 1.807) is 6.07 Å². The van der Waals surface area contributed by atoms with E-state index in [0.717, 1.165) is 30.2 Å². The van der Waals surface area contributed by atoms with Crippen LogP contribution in [-0.4, -0.2) is 5.54 Å². The third-order valence-electron chi connectivity index (χ3n) is 4.78. The predicted molar refractivity (Wildman–Crippen MR) is 76.7 cm³/mol. The van der Waals surface area contributed by atoms with Gasteiger partial charge in [-0.1, -0.05) is 36.6 Å². The Kier molecular flexibility index (Phi) is 3.57. The second kappa shape index (κ2) is 5.06. The normalized spacial score (nSPS) is 31.4. The van der Waals surface area contributed by atoms with Crippen molar-refractivity contribution in [1.29, 1.82) is 0 Å². The lowest BCUT2D eigenvalue weighted by Gasteiger charge is -2.38. The lowest BCUT2D eigenvalue weighted by molar-refractivity contribution is 0.204. The topological polar surface area (TPSA) is 26.0 Å². The molecule has 2 N–H and O–H groups in total. The highest BCUT2D eigenvalue weighted by Crippen LogP contribution is 2.46. The fraction of sp³-hybridized carbons (Fsp3) is 0.625. The van der Waals surface area contributed by atoms with Gasteiger partial charge in [0, 0.05) is 5.54 Å². The van der Waals surface area contributed by atoms with Gasteiger partial charge in [0.1, 0.15) is 5.82 Å². The molecule has 0 radical (unpaired) electrons. The van der Waals surface area contributed by atoms with Crippen LogP contribution in [0.15, 0.2) is 18.2 Å². The monoisotopic (exact) mass is 281 g/mol. The van der Waals surface area contributed by atoms with E-state index in [9.17, 15) is 4.39 Å². The maximum absolute atomic E-state index is 13.5. The van der Waals surface area contributed by atoms with Crippen molar-refractivity contribution in [1.82, 2.24) is 0 Å². The van der Waals surface area contributed by atoms with Gasteiger partial charge < -0.3 is 5.73 Å². The standard InChI is InChI=1S/C16H21ClFN/c17-15-13(3-1-5-14(15)18)10-16(19)8-2-4-12(9-16)11-6-7-11/h1,3,5,11-12H,2,4,6-10,19H2. The minimum atomic E-state index is -0.336. The van der Waals surface area contributed by atoms with Crippen molar-refractivity contribution in [2.45, 2.75) is 50.5 Å². The Morgan fingerprint density at radius 2 is 2.05 bits per heavy atom. The molecule has 2 aliphatic rings. The van der Waals surface area contributed by atoms with Gasteiger partial charge in [0.2, 0.25) is 0 Å². The van der Waals surface area contributed by atoms with E-state index in [1.807, 2.05) is 6.07 Å². The van der Waals surface area contributed by atoms with E-state index in [0.29, 0.717) is 6.42 Å². The van der Waals surface area contributed by atoms with Crippen LogP contribution in [0.4, 0.5) is 4.39 Å². The summed E-state index contributed by atoms with van der Waals surface area (Å²) >= 11 is 6.06. The zero-order valence-corrected chi connectivity index (χ0v) is 11.9. The van der Waals surface area contributed by atoms with Crippen LogP contribution in [-0.2, 0) is 6.42 Å². The summed E-state index contributed by atoms with van der Waals surface area (Å²) in [7, 11) is 0. The van der Waals surface area contributed by atoms with Gasteiger partial charge in [-0.2, -0.15) is 0 Å². The maximum Gasteiger partial charge on any atom is 0.142 e. The van der Waals surface area contributed by atoms with Crippen molar-refractivity contribution >= 4 is 11.6 Å². The summed E-state index contributed by atoms with van der Waals surface area (Å²) in [5.41, 5.74) is 7.26. The van der Waals surface area contributed by atoms with Gasteiger partial charge in [-0.15, -0.1) is 0 Å². The van der Waals surface area contributed by atoms with Crippen LogP contribution in [0.25, 0.3) is 0 Å². The van der Waals surface area contributed by atoms with E-state index >= 15 is 0 Å². The number of hydrogen-bond acceptors (Lipinski definition) is 1. The molecular weight excluding hydrogens is 261 g/mol. The highest BCUT2D eigenvalue weighted by Gasteiger charge is 2.40. The molecule has 0 amide bonds. The first kappa shape index (κ1) is 13.4. The largest absolute Gasteiger partial charge is 0.325 e. The SMILES string of the molecule is NC1(Cc2cccc(F)c2Cl)CCCC(C2CC2)C1. The average Bonchev–Trinajstić information content (AvgIpc) is 3.19. The molecule has 0 bridgehead atoms. The molecule has 1 aromatic rings. The van der Waals surface area contributed by atoms with Crippen LogP contribution in [0.1, 0.15) is 44.1 Å². The number of nitrogens with two attached hydrogens (primary N) is 1. The zero-order valence-electron chi connectivity index (χ0n) is 11.2. The summed E-state index contributed by atoms with van der Waals surface area (Å²) in [5.74, 6) is 1.36. The highest BCUT2D eigenvalue weighted by molar-refractivity contribution is 6.31. The molecular formula is C16H21ClFN. The van der Waals surface area contributed by atoms with Gasteiger partial charge in [0.15, 0.2) is 0 Å². The van der Waals surface area contributed by atoms with Crippen LogP contribution in [0.3, 0.4) is 0 Å². The summed E-state index contributed by atoms with van der Waals surface area (Å²) in [6.45, 7) is 0. The summed E-state index contributed by atoms with van der Waals surface area (Å²) in [6, 6.07) is 5.03. The molecule has 0 spiro atoms. The van der Waals surface area contributed by atoms with Crippen molar-refractivity contribution in [3.05, 3.63) is 34.6 Å². The van der Waals surface area contributed by atoms with Crippen LogP contribution >= 0.6 is 11.6 Å². The Labute approximate surface area is 119 Å². The van der Waals surface area contributed by atoms with E-state index in [2.05, 4.69) is 0 Å². The second-order valence-electron chi connectivity index (χ2n) is 6.45. The number of benzene rings is 1. The Balaban J connectivity index is 1.75. The van der Waals surface area contributed by atoms with Crippen molar-refractivity contribution in [2.75, 3.05) is 0 Å². The van der Waals surface area contributed by atoms with E-state index in [1.165, 1.54) is 31.7 Å². The van der Waals surface area contributed by atoms with Crippen molar-refractivity contribution in [2.24, 2.45) is 17.6 Å². The van der Waals surface area contributed by atoms with Crippen LogP contribution in [0.5, 0.6) is 0 Å². The Bertz CT molecular complexity index is 472. The minimum absolute atomic E-state index is 0.192. The second-order valence-corrected chi connectivity index (χ2v) is 6.82. The van der Waals surface area contributed by atoms with Crippen LogP contribution in [0, 0.1) is 17.7 Å². The molecule has 104 valence electrons. The molecule has 3 heteroatoms. The smallest absolute Gasteiger partial charge is 0.142 e. The molecule has 2 saturated carbocycles. The first-order chi connectivity index (χ1) is 9.07. The van der Waals surface area contributed by atoms with Gasteiger partial charge in [-0.05, 0) is 55.6 Å². The van der Waals surface area contributed by atoms with E-state index < -0.39 is 0 Å². The van der Waals surface area contributed by atoms with E-state index in [4.69, 9.17) is 17.3 Å². The molecule has 1 aromatic carbocycles. The number of halogens is 2. The average molecular weight is 282 g/mol. The highest BCUT2D eigenvalue weighted by atomic mass is 35.5. The molecule has 3 rings (SSSR count). The van der Waals surface area contributed by atoms with Gasteiger partial charge >= 0.3 is 0 Å². The lowest BCUT2D eigenvalue weighted by Crippen LogP contribution is -2.46. The van der Waals surface area contributed by atoms with Crippen LogP contribution in [0.2, 0.25) is 5.02 Å². The fourth-order valence-corrected chi connectivity index (χ4v) is 3.83. The van der Waals surface area contributed by atoms with Gasteiger partial charge in [0.05, 0.1) is 5.02 Å². The molecule has 2 atom stereocenters. The molecule has 0 aliphatic heterocycles. The zero-order chi connectivity index (χ0) is 13.5. The predicted octanol–water partition coefficient (Wildman–Crippen LogP) is 4.32. The molecule has 2 aliphatic carbocycles. The van der Waals surface area contributed by atoms with Crippen molar-refractivity contribution in [3.63, 3.8) is 0 Å². The van der Waals surface area contributed by atoms with Gasteiger partial charge in [-0.3, -0.25) is 0 Å². The van der Waals surface area contributed by atoms with Gasteiger partial charge in [-0.25, -0.2) is 4.39 Å². The Morgan fingerprint density at radius 1 is 1.26 bits per heavy atom. The Morgan fingerprint density at radius 3 is 2.79 bits per heavy atom. The van der Waals surface area contributed by atoms with E-state index in [-0.39, 0.29) is 16.4 Å². The number of hydrogen-bond donors (Lipinski definition) is 1. The van der Waals surface area contributed by atoms with Crippen molar-refractivity contribution in [3.8, 4) is 0 Å². The molecule has 2 fully saturated rings. The van der Waals surface area contributed by atoms with Crippen molar-refractivity contribution < 1.29 is 4.39 Å². The first-order valence-corrected chi connectivity index (χ1v) is 7.67. The fourth-order valence-electron chi connectivity index (χ4n) is 3.64. The summed E-state index contributed by atoms with van der Waals surface area (Å²) in [6.07, 6.45) is 8.08. The third-order valence-corrected chi connectivity index (χ3v) is 5.20.